The smallest absolute Gasteiger partial charge is 0.161 e. The van der Waals surface area contributed by atoms with Crippen molar-refractivity contribution in [2.24, 2.45) is 5.73 Å². The molecule has 17 heteroatoms. The normalized spacial score (nSPS) is 11.6. The standard InChI is InChI=1S/C21H16N6O2.C21H14N4O2S.C6H8N2/c22-9-15-19(14-3-4-17-18(8-14)29-7-6-28-17)16(10-23)21(27-20(15)24)26-12-13-2-1-5-25-11-13;22-11-15-19(13-6-7-17-18(10-13)27-9-8-26-17)16(12-23)21(25-20(15)24)28-14-4-2-1-3-5-14;7-4-6-2-1-3-8-5-6/h1-5,8,11H,6-7,12H2,(H3,24,26,27);1-7,10H,8-9H2,(H2,24,25);1-3,5H,4,7H2. The molecule has 7 aromatic rings. The first-order chi connectivity index (χ1) is 31.8. The monoisotopic (exact) mass is 878 g/mol. The lowest BCUT2D eigenvalue weighted by molar-refractivity contribution is 0.171. The van der Waals surface area contributed by atoms with Crippen LogP contribution in [0.5, 0.6) is 23.0 Å². The van der Waals surface area contributed by atoms with Crippen molar-refractivity contribution in [2.45, 2.75) is 23.0 Å². The summed E-state index contributed by atoms with van der Waals surface area (Å²) in [4.78, 5) is 17.4. The Morgan fingerprint density at radius 1 is 0.569 bits per heavy atom. The topological polar surface area (TPSA) is 274 Å². The average molecular weight is 879 g/mol. The molecule has 0 radical (unpaired) electrons. The quantitative estimate of drug-likeness (QED) is 0.116. The van der Waals surface area contributed by atoms with E-state index < -0.39 is 0 Å². The Morgan fingerprint density at radius 2 is 1.08 bits per heavy atom. The zero-order valence-corrected chi connectivity index (χ0v) is 35.4. The summed E-state index contributed by atoms with van der Waals surface area (Å²) in [6, 6.07) is 36.2. The minimum atomic E-state index is 0.0464. The number of nitrogens with one attached hydrogen (secondary N) is 1. The van der Waals surface area contributed by atoms with E-state index in [1.807, 2.05) is 54.6 Å². The molecule has 2 aliphatic heterocycles. The van der Waals surface area contributed by atoms with E-state index in [0.29, 0.717) is 101 Å². The van der Waals surface area contributed by atoms with Crippen molar-refractivity contribution in [1.29, 1.82) is 21.0 Å². The molecule has 0 bridgehead atoms. The Hall–Kier alpha value is -8.87. The fraction of sp³-hybridized carbons (Fsp3) is 0.125. The second kappa shape index (κ2) is 21.3. The molecule has 2 aliphatic rings. The van der Waals surface area contributed by atoms with Crippen LogP contribution in [0.3, 0.4) is 0 Å². The molecule has 0 saturated heterocycles. The number of hydrogen-bond acceptors (Lipinski definition) is 17. The number of fused-ring (bicyclic) bond motifs is 2. The predicted molar refractivity (Wildman–Crippen MR) is 243 cm³/mol. The van der Waals surface area contributed by atoms with Gasteiger partial charge in [-0.15, -0.1) is 0 Å². The summed E-state index contributed by atoms with van der Waals surface area (Å²) in [7, 11) is 0. The van der Waals surface area contributed by atoms with E-state index in [4.69, 9.17) is 36.1 Å². The van der Waals surface area contributed by atoms with Gasteiger partial charge in [0.15, 0.2) is 23.0 Å². The van der Waals surface area contributed by atoms with E-state index in [1.54, 1.807) is 61.2 Å². The summed E-state index contributed by atoms with van der Waals surface area (Å²) in [5.74, 6) is 2.82. The summed E-state index contributed by atoms with van der Waals surface area (Å²) in [5, 5.41) is 42.6. The number of aromatic nitrogens is 4. The predicted octanol–water partition coefficient (Wildman–Crippen LogP) is 7.39. The highest BCUT2D eigenvalue weighted by Crippen LogP contribution is 2.42. The maximum atomic E-state index is 9.88. The Kier molecular flexibility index (Phi) is 14.5. The molecule has 3 aromatic carbocycles. The number of hydrogen-bond donors (Lipinski definition) is 4. The van der Waals surface area contributed by atoms with Gasteiger partial charge in [0, 0.05) is 53.9 Å². The van der Waals surface area contributed by atoms with E-state index in [0.717, 1.165) is 16.0 Å². The molecule has 0 spiro atoms. The number of pyridine rings is 4. The summed E-state index contributed by atoms with van der Waals surface area (Å²) in [5.41, 5.74) is 22.4. The second-order valence-electron chi connectivity index (χ2n) is 13.8. The van der Waals surface area contributed by atoms with Crippen molar-refractivity contribution in [3.8, 4) is 69.5 Å². The second-order valence-corrected chi connectivity index (χ2v) is 14.8. The van der Waals surface area contributed by atoms with Gasteiger partial charge < -0.3 is 41.5 Å². The summed E-state index contributed by atoms with van der Waals surface area (Å²) < 4.78 is 22.4. The highest BCUT2D eigenvalue weighted by molar-refractivity contribution is 7.99. The molecule has 0 aliphatic carbocycles. The van der Waals surface area contributed by atoms with Gasteiger partial charge in [-0.25, -0.2) is 9.97 Å². The molecular weight excluding hydrogens is 841 g/mol. The van der Waals surface area contributed by atoms with Gasteiger partial charge in [0.25, 0.3) is 0 Å². The van der Waals surface area contributed by atoms with Crippen molar-refractivity contribution in [1.82, 2.24) is 19.9 Å². The number of benzene rings is 3. The molecular formula is C48H38N12O4S. The first-order valence-corrected chi connectivity index (χ1v) is 20.7. The molecule has 9 rings (SSSR count). The van der Waals surface area contributed by atoms with Crippen LogP contribution in [0.2, 0.25) is 0 Å². The third-order valence-electron chi connectivity index (χ3n) is 9.63. The number of anilines is 3. The van der Waals surface area contributed by atoms with E-state index >= 15 is 0 Å². The lowest BCUT2D eigenvalue weighted by Gasteiger charge is -2.20. The van der Waals surface area contributed by atoms with E-state index in [1.165, 1.54) is 11.8 Å². The number of rotatable bonds is 8. The molecule has 6 heterocycles. The number of nitrogens with zero attached hydrogens (tertiary/aromatic N) is 8. The van der Waals surface area contributed by atoms with Crippen LogP contribution in [-0.4, -0.2) is 46.4 Å². The number of nitrogen functional groups attached to an aromatic ring is 2. The lowest BCUT2D eigenvalue weighted by atomic mass is 9.95. The molecule has 0 unspecified atom stereocenters. The molecule has 16 nitrogen and oxygen atoms in total. The zero-order valence-electron chi connectivity index (χ0n) is 34.6. The van der Waals surface area contributed by atoms with Gasteiger partial charge in [0.05, 0.1) is 5.56 Å². The summed E-state index contributed by atoms with van der Waals surface area (Å²) in [6.45, 7) is 2.82. The fourth-order valence-corrected chi connectivity index (χ4v) is 7.52. The highest BCUT2D eigenvalue weighted by atomic mass is 32.2. The van der Waals surface area contributed by atoms with Crippen molar-refractivity contribution in [2.75, 3.05) is 43.2 Å². The Balaban J connectivity index is 0.000000166. The molecule has 0 fully saturated rings. The SMILES string of the molecule is N#Cc1c(N)nc(NCc2cccnc2)c(C#N)c1-c1ccc2c(c1)OCCO2.N#Cc1c(N)nc(Sc2ccccc2)c(C#N)c1-c1ccc2c(c1)OCCO2.NCc1cccnc1. The van der Waals surface area contributed by atoms with Crippen LogP contribution in [0.25, 0.3) is 22.3 Å². The van der Waals surface area contributed by atoms with Crippen molar-refractivity contribution >= 4 is 29.2 Å². The first-order valence-electron chi connectivity index (χ1n) is 19.9. The van der Waals surface area contributed by atoms with Gasteiger partial charge in [-0.2, -0.15) is 21.0 Å². The van der Waals surface area contributed by atoms with Crippen molar-refractivity contribution in [3.05, 3.63) is 149 Å². The molecule has 4 aromatic heterocycles. The van der Waals surface area contributed by atoms with Gasteiger partial charge in [-0.1, -0.05) is 54.2 Å². The molecule has 7 N–H and O–H groups in total. The summed E-state index contributed by atoms with van der Waals surface area (Å²) in [6.07, 6.45) is 6.90. The third-order valence-corrected chi connectivity index (χ3v) is 10.6. The fourth-order valence-electron chi connectivity index (χ4n) is 6.61. The van der Waals surface area contributed by atoms with Crippen LogP contribution in [0.15, 0.2) is 126 Å². The van der Waals surface area contributed by atoms with Gasteiger partial charge in [-0.05, 0) is 70.8 Å². The van der Waals surface area contributed by atoms with Crippen LogP contribution >= 0.6 is 11.8 Å². The number of ether oxygens (including phenoxy) is 4. The zero-order chi connectivity index (χ0) is 45.5. The van der Waals surface area contributed by atoms with Crippen molar-refractivity contribution in [3.63, 3.8) is 0 Å². The van der Waals surface area contributed by atoms with Crippen LogP contribution < -0.4 is 41.5 Å². The van der Waals surface area contributed by atoms with Gasteiger partial charge in [-0.3, -0.25) is 9.97 Å². The lowest BCUT2D eigenvalue weighted by Crippen LogP contribution is -2.15. The molecule has 0 saturated carbocycles. The first kappa shape index (κ1) is 44.2. The van der Waals surface area contributed by atoms with Crippen LogP contribution in [0.4, 0.5) is 17.5 Å². The Bertz CT molecular complexity index is 2990. The van der Waals surface area contributed by atoms with Gasteiger partial charge in [0.1, 0.15) is 89.9 Å². The Labute approximate surface area is 378 Å². The van der Waals surface area contributed by atoms with Crippen LogP contribution in [0, 0.1) is 45.3 Å². The maximum absolute atomic E-state index is 9.88. The van der Waals surface area contributed by atoms with Gasteiger partial charge >= 0.3 is 0 Å². The molecule has 0 atom stereocenters. The van der Waals surface area contributed by atoms with E-state index in [9.17, 15) is 21.0 Å². The molecule has 0 amide bonds. The highest BCUT2D eigenvalue weighted by Gasteiger charge is 2.24. The minimum Gasteiger partial charge on any atom is -0.486 e. The third kappa shape index (κ3) is 10.4. The van der Waals surface area contributed by atoms with Crippen LogP contribution in [0.1, 0.15) is 33.4 Å². The van der Waals surface area contributed by atoms with Crippen LogP contribution in [-0.2, 0) is 13.1 Å². The molecule has 320 valence electrons. The average Bonchev–Trinajstić information content (AvgIpc) is 3.36. The van der Waals surface area contributed by atoms with Gasteiger partial charge in [0.2, 0.25) is 0 Å². The number of nitrogens with two attached hydrogens (primary N) is 3. The number of nitriles is 4. The van der Waals surface area contributed by atoms with E-state index in [-0.39, 0.29) is 28.3 Å². The summed E-state index contributed by atoms with van der Waals surface area (Å²) >= 11 is 1.33. The molecule has 65 heavy (non-hydrogen) atoms. The van der Waals surface area contributed by atoms with Crippen molar-refractivity contribution < 1.29 is 18.9 Å². The largest absolute Gasteiger partial charge is 0.486 e. The Morgan fingerprint density at radius 3 is 1.57 bits per heavy atom. The van der Waals surface area contributed by atoms with E-state index in [2.05, 4.69) is 49.5 Å². The maximum Gasteiger partial charge on any atom is 0.161 e. The minimum absolute atomic E-state index is 0.0464.